The number of ether oxygens (including phenoxy) is 1. The van der Waals surface area contributed by atoms with Crippen LogP contribution in [-0.4, -0.2) is 6.61 Å². The van der Waals surface area contributed by atoms with Crippen LogP contribution in [0, 0.1) is 22.7 Å². The number of hydrogen-bond donors (Lipinski definition) is 0. The van der Waals surface area contributed by atoms with E-state index in [0.717, 1.165) is 23.3 Å². The molecule has 1 aromatic rings. The van der Waals surface area contributed by atoms with Gasteiger partial charge in [0, 0.05) is 5.56 Å². The molecule has 0 saturated carbocycles. The van der Waals surface area contributed by atoms with Gasteiger partial charge in [0.25, 0.3) is 0 Å². The lowest BCUT2D eigenvalue weighted by molar-refractivity contribution is 0.318. The minimum absolute atomic E-state index is 0.193. The van der Waals surface area contributed by atoms with Crippen LogP contribution < -0.4 is 4.74 Å². The van der Waals surface area contributed by atoms with E-state index in [2.05, 4.69) is 0 Å². The van der Waals surface area contributed by atoms with E-state index in [0.29, 0.717) is 13.0 Å². The lowest BCUT2D eigenvalue weighted by Crippen LogP contribution is -1.93. The van der Waals surface area contributed by atoms with E-state index in [-0.39, 0.29) is 5.57 Å². The highest BCUT2D eigenvalue weighted by atomic mass is 16.5. The number of rotatable bonds is 0. The van der Waals surface area contributed by atoms with Crippen molar-refractivity contribution in [2.24, 2.45) is 0 Å². The van der Waals surface area contributed by atoms with E-state index in [1.54, 1.807) is 0 Å². The number of benzene rings is 1. The first-order valence-electron chi connectivity index (χ1n) is 5.12. The van der Waals surface area contributed by atoms with E-state index in [1.165, 1.54) is 0 Å². The Balaban J connectivity index is 2.62. The largest absolute Gasteiger partial charge is 0.493 e. The van der Waals surface area contributed by atoms with Gasteiger partial charge in [-0.05, 0) is 24.5 Å². The molecule has 0 aromatic heterocycles. The van der Waals surface area contributed by atoms with Crippen LogP contribution in [-0.2, 0) is 0 Å². The summed E-state index contributed by atoms with van der Waals surface area (Å²) in [6.45, 7) is 0.630. The highest BCUT2D eigenvalue weighted by Gasteiger charge is 2.16. The standard InChI is InChI=1S/C13H10N2O/c14-8-10(9-15)11-5-3-7-16-13-6-2-1-4-12(11)13/h1-2,4,6H,3,5,7H2. The second-order valence-corrected chi connectivity index (χ2v) is 3.53. The quantitative estimate of drug-likeness (QED) is 0.618. The minimum atomic E-state index is 0.193. The molecule has 16 heavy (non-hydrogen) atoms. The molecule has 0 N–H and O–H groups in total. The fraction of sp³-hybridized carbons (Fsp3) is 0.231. The molecule has 2 rings (SSSR count). The van der Waals surface area contributed by atoms with Gasteiger partial charge in [0.15, 0.2) is 0 Å². The number of fused-ring (bicyclic) bond motifs is 1. The Kier molecular flexibility index (Phi) is 2.89. The summed E-state index contributed by atoms with van der Waals surface area (Å²) in [7, 11) is 0. The van der Waals surface area contributed by atoms with Gasteiger partial charge in [0.1, 0.15) is 23.5 Å². The molecule has 1 aliphatic heterocycles. The van der Waals surface area contributed by atoms with Crippen molar-refractivity contribution < 1.29 is 4.74 Å². The lowest BCUT2D eigenvalue weighted by Gasteiger charge is -2.07. The Bertz CT molecular complexity index is 501. The zero-order valence-electron chi connectivity index (χ0n) is 8.73. The fourth-order valence-electron chi connectivity index (χ4n) is 1.83. The molecule has 0 bridgehead atoms. The summed E-state index contributed by atoms with van der Waals surface area (Å²) >= 11 is 0. The lowest BCUT2D eigenvalue weighted by atomic mass is 9.97. The summed E-state index contributed by atoms with van der Waals surface area (Å²) in [6.07, 6.45) is 1.55. The maximum Gasteiger partial charge on any atom is 0.133 e. The van der Waals surface area contributed by atoms with Crippen LogP contribution in [0.4, 0.5) is 0 Å². The molecule has 0 spiro atoms. The van der Waals surface area contributed by atoms with Crippen molar-refractivity contribution in [1.29, 1.82) is 10.5 Å². The zero-order chi connectivity index (χ0) is 11.4. The van der Waals surface area contributed by atoms with Gasteiger partial charge in [-0.2, -0.15) is 10.5 Å². The Labute approximate surface area is 94.2 Å². The van der Waals surface area contributed by atoms with Gasteiger partial charge in [-0.15, -0.1) is 0 Å². The van der Waals surface area contributed by atoms with Gasteiger partial charge in [-0.25, -0.2) is 0 Å². The molecule has 0 amide bonds. The van der Waals surface area contributed by atoms with Crippen molar-refractivity contribution in [2.75, 3.05) is 6.61 Å². The number of allylic oxidation sites excluding steroid dienone is 2. The number of hydrogen-bond acceptors (Lipinski definition) is 3. The van der Waals surface area contributed by atoms with Crippen LogP contribution in [0.25, 0.3) is 5.57 Å². The molecule has 78 valence electrons. The summed E-state index contributed by atoms with van der Waals surface area (Å²) < 4.78 is 5.56. The SMILES string of the molecule is N#CC(C#N)=C1CCCOc2ccccc21. The van der Waals surface area contributed by atoms with Crippen molar-refractivity contribution in [3.05, 3.63) is 35.4 Å². The van der Waals surface area contributed by atoms with E-state index < -0.39 is 0 Å². The molecule has 3 heteroatoms. The molecule has 1 aromatic carbocycles. The predicted octanol–water partition coefficient (Wildman–Crippen LogP) is 2.66. The van der Waals surface area contributed by atoms with Crippen molar-refractivity contribution in [1.82, 2.24) is 0 Å². The van der Waals surface area contributed by atoms with Crippen molar-refractivity contribution in [2.45, 2.75) is 12.8 Å². The molecule has 0 unspecified atom stereocenters. The highest BCUT2D eigenvalue weighted by Crippen LogP contribution is 2.33. The molecule has 0 atom stereocenters. The summed E-state index contributed by atoms with van der Waals surface area (Å²) in [5.41, 5.74) is 1.87. The van der Waals surface area contributed by atoms with Crippen LogP contribution in [0.3, 0.4) is 0 Å². The van der Waals surface area contributed by atoms with E-state index in [4.69, 9.17) is 15.3 Å². The normalized spacial score (nSPS) is 13.8. The molecule has 1 heterocycles. The molecule has 1 aliphatic rings. The van der Waals surface area contributed by atoms with Gasteiger partial charge in [-0.3, -0.25) is 0 Å². The van der Waals surface area contributed by atoms with Gasteiger partial charge >= 0.3 is 0 Å². The van der Waals surface area contributed by atoms with Crippen molar-refractivity contribution in [3.8, 4) is 17.9 Å². The topological polar surface area (TPSA) is 56.8 Å². The Morgan fingerprint density at radius 3 is 2.69 bits per heavy atom. The molecule has 0 fully saturated rings. The first-order chi connectivity index (χ1) is 7.86. The Morgan fingerprint density at radius 2 is 1.94 bits per heavy atom. The van der Waals surface area contributed by atoms with Gasteiger partial charge < -0.3 is 4.74 Å². The first kappa shape index (κ1) is 10.3. The number of para-hydroxylation sites is 1. The maximum atomic E-state index is 8.92. The third-order valence-corrected chi connectivity index (χ3v) is 2.57. The first-order valence-corrected chi connectivity index (χ1v) is 5.12. The van der Waals surface area contributed by atoms with Crippen LogP contribution in [0.2, 0.25) is 0 Å². The zero-order valence-corrected chi connectivity index (χ0v) is 8.73. The number of nitriles is 2. The van der Waals surface area contributed by atoms with E-state index in [9.17, 15) is 0 Å². The summed E-state index contributed by atoms with van der Waals surface area (Å²) in [5.74, 6) is 0.762. The predicted molar refractivity (Wildman–Crippen MR) is 59.3 cm³/mol. The highest BCUT2D eigenvalue weighted by molar-refractivity contribution is 5.78. The third kappa shape index (κ3) is 1.76. The molecular formula is C13H10N2O. The second kappa shape index (κ2) is 4.51. The van der Waals surface area contributed by atoms with Crippen LogP contribution in [0.5, 0.6) is 5.75 Å². The van der Waals surface area contributed by atoms with Gasteiger partial charge in [-0.1, -0.05) is 18.2 Å². The summed E-state index contributed by atoms with van der Waals surface area (Å²) in [5, 5.41) is 17.8. The molecular weight excluding hydrogens is 200 g/mol. The summed E-state index contributed by atoms with van der Waals surface area (Å²) in [6, 6.07) is 11.4. The van der Waals surface area contributed by atoms with Gasteiger partial charge in [0.2, 0.25) is 0 Å². The van der Waals surface area contributed by atoms with Gasteiger partial charge in [0.05, 0.1) is 6.61 Å². The smallest absolute Gasteiger partial charge is 0.133 e. The van der Waals surface area contributed by atoms with Crippen LogP contribution in [0.15, 0.2) is 29.8 Å². The number of nitrogens with zero attached hydrogens (tertiary/aromatic N) is 2. The molecule has 3 nitrogen and oxygen atoms in total. The maximum absolute atomic E-state index is 8.92. The average Bonchev–Trinajstić information content (AvgIpc) is 2.54. The Morgan fingerprint density at radius 1 is 1.19 bits per heavy atom. The third-order valence-electron chi connectivity index (χ3n) is 2.57. The molecule has 0 radical (unpaired) electrons. The minimum Gasteiger partial charge on any atom is -0.493 e. The monoisotopic (exact) mass is 210 g/mol. The Hall–Kier alpha value is -2.26. The molecule has 0 saturated heterocycles. The average molecular weight is 210 g/mol. The van der Waals surface area contributed by atoms with E-state index >= 15 is 0 Å². The second-order valence-electron chi connectivity index (χ2n) is 3.53. The fourth-order valence-corrected chi connectivity index (χ4v) is 1.83. The summed E-state index contributed by atoms with van der Waals surface area (Å²) in [4.78, 5) is 0. The van der Waals surface area contributed by atoms with Crippen LogP contribution >= 0.6 is 0 Å². The van der Waals surface area contributed by atoms with Crippen molar-refractivity contribution >= 4 is 5.57 Å². The van der Waals surface area contributed by atoms with Crippen LogP contribution in [0.1, 0.15) is 18.4 Å². The van der Waals surface area contributed by atoms with Crippen molar-refractivity contribution in [3.63, 3.8) is 0 Å². The van der Waals surface area contributed by atoms with E-state index in [1.807, 2.05) is 36.4 Å². The molecule has 0 aliphatic carbocycles.